The van der Waals surface area contributed by atoms with E-state index in [0.29, 0.717) is 23.4 Å². The number of carbonyl (C=O) groups is 1. The third-order valence-electron chi connectivity index (χ3n) is 3.89. The van der Waals surface area contributed by atoms with Gasteiger partial charge < -0.3 is 9.64 Å². The van der Waals surface area contributed by atoms with Crippen molar-refractivity contribution in [3.05, 3.63) is 23.5 Å². The summed E-state index contributed by atoms with van der Waals surface area (Å²) in [6, 6.07) is 2.02. The topological polar surface area (TPSA) is 66.2 Å². The minimum Gasteiger partial charge on any atom is -0.490 e. The molecule has 0 fully saturated rings. The van der Waals surface area contributed by atoms with Gasteiger partial charge in [-0.2, -0.15) is 5.26 Å². The predicted molar refractivity (Wildman–Crippen MR) is 74.2 cm³/mol. The zero-order valence-electron chi connectivity index (χ0n) is 12.4. The van der Waals surface area contributed by atoms with Crippen molar-refractivity contribution in [2.75, 3.05) is 13.2 Å². The summed E-state index contributed by atoms with van der Waals surface area (Å²) >= 11 is 0. The molecule has 2 rings (SSSR count). The van der Waals surface area contributed by atoms with Gasteiger partial charge >= 0.3 is 0 Å². The van der Waals surface area contributed by atoms with Crippen LogP contribution >= 0.6 is 0 Å². The van der Waals surface area contributed by atoms with Crippen LogP contribution in [0.2, 0.25) is 0 Å². The summed E-state index contributed by atoms with van der Waals surface area (Å²) in [7, 11) is 0. The highest BCUT2D eigenvalue weighted by atomic mass is 19.1. The van der Waals surface area contributed by atoms with E-state index >= 15 is 0 Å². The van der Waals surface area contributed by atoms with Crippen molar-refractivity contribution in [2.24, 2.45) is 5.41 Å². The molecule has 1 atom stereocenters. The Hall–Kier alpha value is -2.16. The molecule has 0 unspecified atom stereocenters. The summed E-state index contributed by atoms with van der Waals surface area (Å²) in [5.41, 5.74) is -0.0766. The molecular weight excluding hydrogens is 273 g/mol. The van der Waals surface area contributed by atoms with Gasteiger partial charge in [-0.1, -0.05) is 0 Å². The highest BCUT2D eigenvalue weighted by molar-refractivity contribution is 5.82. The van der Waals surface area contributed by atoms with Crippen LogP contribution in [0.25, 0.3) is 0 Å². The molecule has 1 aliphatic rings. The molecule has 0 bridgehead atoms. The normalized spacial score (nSPS) is 16.2. The van der Waals surface area contributed by atoms with Crippen molar-refractivity contribution in [2.45, 2.75) is 33.5 Å². The van der Waals surface area contributed by atoms with Crippen LogP contribution < -0.4 is 4.74 Å². The van der Waals surface area contributed by atoms with E-state index in [4.69, 9.17) is 10.00 Å². The maximum absolute atomic E-state index is 13.7. The first-order valence-corrected chi connectivity index (χ1v) is 6.81. The number of hydrogen-bond donors (Lipinski definition) is 0. The molecule has 0 spiro atoms. The van der Waals surface area contributed by atoms with Crippen LogP contribution in [0.3, 0.4) is 0 Å². The third-order valence-corrected chi connectivity index (χ3v) is 3.89. The van der Waals surface area contributed by atoms with E-state index in [0.717, 1.165) is 0 Å². The third kappa shape index (κ3) is 2.82. The lowest BCUT2D eigenvalue weighted by atomic mass is 9.86. The lowest BCUT2D eigenvalue weighted by molar-refractivity contribution is -0.144. The molecule has 0 aromatic carbocycles. The fraction of sp³-hybridized carbons (Fsp3) is 0.533. The maximum Gasteiger partial charge on any atom is 0.231 e. The Balaban J connectivity index is 2.30. The second-order valence-corrected chi connectivity index (χ2v) is 5.70. The van der Waals surface area contributed by atoms with Gasteiger partial charge in [0.1, 0.15) is 30.2 Å². The summed E-state index contributed by atoms with van der Waals surface area (Å²) in [6.45, 7) is 5.47. The molecule has 0 saturated heterocycles. The van der Waals surface area contributed by atoms with Crippen LogP contribution in [0.5, 0.6) is 5.75 Å². The van der Waals surface area contributed by atoms with Gasteiger partial charge in [0.05, 0.1) is 18.5 Å². The average Bonchev–Trinajstić information content (AvgIpc) is 2.67. The molecule has 1 aromatic heterocycles. The van der Waals surface area contributed by atoms with Crippen molar-refractivity contribution >= 4 is 5.91 Å². The maximum atomic E-state index is 13.7. The monoisotopic (exact) mass is 291 g/mol. The van der Waals surface area contributed by atoms with E-state index < -0.39 is 11.6 Å². The number of alkyl halides is 1. The minimum atomic E-state index is -1.25. The standard InChI is InChI=1S/C15H18FN3O2/c1-10(16)15(2,3)14(20)19-4-5-21-13-11(6-17)7-18-8-12(13)9-19/h7-8,10H,4-5,9H2,1-3H3/t10-/m1/s1. The largest absolute Gasteiger partial charge is 0.490 e. The van der Waals surface area contributed by atoms with Gasteiger partial charge in [0.2, 0.25) is 5.91 Å². The quantitative estimate of drug-likeness (QED) is 0.836. The summed E-state index contributed by atoms with van der Waals surface area (Å²) < 4.78 is 19.2. The van der Waals surface area contributed by atoms with Gasteiger partial charge in [0.15, 0.2) is 0 Å². The summed E-state index contributed by atoms with van der Waals surface area (Å²) in [5.74, 6) is 0.199. The molecule has 5 nitrogen and oxygen atoms in total. The summed E-state index contributed by atoms with van der Waals surface area (Å²) in [6.07, 6.45) is 1.76. The minimum absolute atomic E-state index is 0.267. The molecule has 1 aliphatic heterocycles. The number of fused-ring (bicyclic) bond motifs is 1. The fourth-order valence-corrected chi connectivity index (χ4v) is 2.15. The van der Waals surface area contributed by atoms with Crippen LogP contribution in [-0.2, 0) is 11.3 Å². The molecule has 0 saturated carbocycles. The van der Waals surface area contributed by atoms with Gasteiger partial charge in [-0.15, -0.1) is 0 Å². The van der Waals surface area contributed by atoms with Crippen LogP contribution in [0.1, 0.15) is 31.9 Å². The Bertz CT molecular complexity index is 593. The smallest absolute Gasteiger partial charge is 0.231 e. The Morgan fingerprint density at radius 1 is 1.57 bits per heavy atom. The summed E-state index contributed by atoms with van der Waals surface area (Å²) in [4.78, 5) is 18.1. The highest BCUT2D eigenvalue weighted by Crippen LogP contribution is 2.30. The highest BCUT2D eigenvalue weighted by Gasteiger charge is 2.38. The number of amides is 1. The number of nitrogens with zero attached hydrogens (tertiary/aromatic N) is 3. The number of halogens is 1. The molecule has 1 aromatic rings. The Kier molecular flexibility index (Phi) is 4.12. The van der Waals surface area contributed by atoms with Crippen molar-refractivity contribution in [3.63, 3.8) is 0 Å². The molecular formula is C15H18FN3O2. The number of nitriles is 1. The number of aromatic nitrogens is 1. The molecule has 2 heterocycles. The number of pyridine rings is 1. The SMILES string of the molecule is C[C@@H](F)C(C)(C)C(=O)N1CCOc2c(C#N)cncc2C1. The van der Waals surface area contributed by atoms with Gasteiger partial charge in [0.25, 0.3) is 0 Å². The zero-order chi connectivity index (χ0) is 15.6. The molecule has 6 heteroatoms. The first-order chi connectivity index (χ1) is 9.87. The van der Waals surface area contributed by atoms with E-state index in [2.05, 4.69) is 4.98 Å². The second kappa shape index (κ2) is 5.68. The van der Waals surface area contributed by atoms with Gasteiger partial charge in [-0.05, 0) is 20.8 Å². The molecule has 0 aliphatic carbocycles. The number of carbonyl (C=O) groups excluding carboxylic acids is 1. The number of hydrogen-bond acceptors (Lipinski definition) is 4. The first kappa shape index (κ1) is 15.2. The summed E-state index contributed by atoms with van der Waals surface area (Å²) in [5, 5.41) is 9.06. The zero-order valence-corrected chi connectivity index (χ0v) is 12.4. The van der Waals surface area contributed by atoms with Gasteiger partial charge in [-0.25, -0.2) is 4.39 Å². The van der Waals surface area contributed by atoms with Crippen LogP contribution in [0, 0.1) is 16.7 Å². The van der Waals surface area contributed by atoms with E-state index in [9.17, 15) is 9.18 Å². The Labute approximate surface area is 123 Å². The lowest BCUT2D eigenvalue weighted by Gasteiger charge is -2.31. The number of ether oxygens (including phenoxy) is 1. The van der Waals surface area contributed by atoms with E-state index in [-0.39, 0.29) is 19.1 Å². The Morgan fingerprint density at radius 3 is 2.90 bits per heavy atom. The Morgan fingerprint density at radius 2 is 2.29 bits per heavy atom. The van der Waals surface area contributed by atoms with E-state index in [1.807, 2.05) is 6.07 Å². The van der Waals surface area contributed by atoms with Crippen LogP contribution in [0.15, 0.2) is 12.4 Å². The number of rotatable bonds is 2. The molecule has 0 radical (unpaired) electrons. The van der Waals surface area contributed by atoms with Gasteiger partial charge in [0, 0.05) is 18.0 Å². The fourth-order valence-electron chi connectivity index (χ4n) is 2.15. The van der Waals surface area contributed by atoms with E-state index in [1.54, 1.807) is 24.9 Å². The van der Waals surface area contributed by atoms with Crippen molar-refractivity contribution in [1.82, 2.24) is 9.88 Å². The second-order valence-electron chi connectivity index (χ2n) is 5.70. The lowest BCUT2D eigenvalue weighted by Crippen LogP contribution is -2.45. The molecule has 21 heavy (non-hydrogen) atoms. The van der Waals surface area contributed by atoms with Crippen molar-refractivity contribution < 1.29 is 13.9 Å². The van der Waals surface area contributed by atoms with Crippen molar-refractivity contribution in [3.8, 4) is 11.8 Å². The van der Waals surface area contributed by atoms with Crippen LogP contribution in [0.4, 0.5) is 4.39 Å². The van der Waals surface area contributed by atoms with Crippen molar-refractivity contribution in [1.29, 1.82) is 5.26 Å². The average molecular weight is 291 g/mol. The molecule has 0 N–H and O–H groups in total. The molecule has 112 valence electrons. The first-order valence-electron chi connectivity index (χ1n) is 6.81. The van der Waals surface area contributed by atoms with Gasteiger partial charge in [-0.3, -0.25) is 9.78 Å². The predicted octanol–water partition coefficient (Wildman–Crippen LogP) is 2.06. The van der Waals surface area contributed by atoms with E-state index in [1.165, 1.54) is 13.1 Å². The van der Waals surface area contributed by atoms with Crippen LogP contribution in [-0.4, -0.2) is 35.1 Å². The molecule has 1 amide bonds.